The Bertz CT molecular complexity index is 1150. The van der Waals surface area contributed by atoms with Crippen LogP contribution in [0.1, 0.15) is 245 Å². The molecule has 3 atom stereocenters. The Morgan fingerprint density at radius 3 is 1.37 bits per heavy atom. The van der Waals surface area contributed by atoms with E-state index in [-0.39, 0.29) is 24.9 Å². The molecule has 0 aromatic heterocycles. The minimum Gasteiger partial charge on any atom is -0.462 e. The first-order valence-electron chi connectivity index (χ1n) is 26.2. The number of carbonyl (C=O) groups is 2. The number of unbranched alkanes of at least 4 members (excludes halogenated alkanes) is 26. The Morgan fingerprint density at radius 1 is 0.484 bits per heavy atom. The van der Waals surface area contributed by atoms with Crippen molar-refractivity contribution in [3.8, 4) is 0 Å². The number of hydrogen-bond donors (Lipinski definition) is 3. The standard InChI is InChI=1S/C56H99NO5/c1-4-7-10-13-16-19-22-25-27-28-31-33-36-39-42-45-48-54(59)53(51-58)57-55(60)50-52(47-44-41-38-35-32-30-26-23-20-17-14-11-8-5-2)62-56(61)49-46-43-40-37-34-29-24-21-18-15-12-9-6-3/h9,12,15,18,21,24,29-30,32,34,37,40,52-54,58-59H,4-8,10-11,13-14,16-17,19-20,22-23,25-28,31,33,35-36,38-39,41-51H2,1-3H3,(H,57,60)/b12-9+,18-15+,24-21-,32-30+,34-29-,40-37+. The summed E-state index contributed by atoms with van der Waals surface area (Å²) >= 11 is 0. The van der Waals surface area contributed by atoms with Crippen LogP contribution in [-0.4, -0.2) is 46.9 Å². The minimum atomic E-state index is -0.806. The van der Waals surface area contributed by atoms with Gasteiger partial charge in [0.1, 0.15) is 6.10 Å². The summed E-state index contributed by atoms with van der Waals surface area (Å²) in [6.07, 6.45) is 62.5. The van der Waals surface area contributed by atoms with Gasteiger partial charge in [-0.2, -0.15) is 0 Å². The highest BCUT2D eigenvalue weighted by Crippen LogP contribution is 2.17. The van der Waals surface area contributed by atoms with Crippen molar-refractivity contribution in [2.75, 3.05) is 6.61 Å². The molecular formula is C56H99NO5. The van der Waals surface area contributed by atoms with Gasteiger partial charge >= 0.3 is 5.97 Å². The molecule has 0 heterocycles. The lowest BCUT2D eigenvalue weighted by Gasteiger charge is -2.24. The second-order valence-corrected chi connectivity index (χ2v) is 17.7. The molecule has 0 aliphatic rings. The third-order valence-corrected chi connectivity index (χ3v) is 11.6. The van der Waals surface area contributed by atoms with Crippen LogP contribution in [0.3, 0.4) is 0 Å². The number of hydrogen-bond acceptors (Lipinski definition) is 5. The molecule has 0 radical (unpaired) electrons. The molecule has 0 aromatic rings. The summed E-state index contributed by atoms with van der Waals surface area (Å²) in [7, 11) is 0. The van der Waals surface area contributed by atoms with Crippen molar-refractivity contribution in [1.82, 2.24) is 5.32 Å². The molecule has 0 saturated carbocycles. The molecule has 62 heavy (non-hydrogen) atoms. The number of aliphatic hydroxyl groups excluding tert-OH is 2. The molecule has 1 amide bonds. The lowest BCUT2D eigenvalue weighted by Crippen LogP contribution is -2.46. The third kappa shape index (κ3) is 43.9. The molecule has 358 valence electrons. The molecule has 3 unspecified atom stereocenters. The molecule has 6 nitrogen and oxygen atoms in total. The van der Waals surface area contributed by atoms with Gasteiger partial charge in [0.25, 0.3) is 0 Å². The van der Waals surface area contributed by atoms with Crippen LogP contribution in [0.15, 0.2) is 72.9 Å². The smallest absolute Gasteiger partial charge is 0.306 e. The first-order chi connectivity index (χ1) is 30.5. The highest BCUT2D eigenvalue weighted by molar-refractivity contribution is 5.77. The van der Waals surface area contributed by atoms with Gasteiger partial charge in [-0.3, -0.25) is 9.59 Å². The molecule has 0 spiro atoms. The molecule has 3 N–H and O–H groups in total. The first kappa shape index (κ1) is 59.3. The van der Waals surface area contributed by atoms with Gasteiger partial charge in [0, 0.05) is 6.42 Å². The molecule has 0 aliphatic heterocycles. The predicted octanol–water partition coefficient (Wildman–Crippen LogP) is 15.8. The number of rotatable bonds is 46. The monoisotopic (exact) mass is 866 g/mol. The Balaban J connectivity index is 4.65. The fraction of sp³-hybridized carbons (Fsp3) is 0.750. The summed E-state index contributed by atoms with van der Waals surface area (Å²) in [4.78, 5) is 26.1. The number of esters is 1. The number of carbonyl (C=O) groups excluding carboxylic acids is 2. The van der Waals surface area contributed by atoms with E-state index in [1.165, 1.54) is 128 Å². The second kappa shape index (κ2) is 49.3. The van der Waals surface area contributed by atoms with Gasteiger partial charge in [-0.25, -0.2) is 0 Å². The summed E-state index contributed by atoms with van der Waals surface area (Å²) in [5.74, 6) is -0.577. The van der Waals surface area contributed by atoms with E-state index in [9.17, 15) is 19.8 Å². The van der Waals surface area contributed by atoms with Gasteiger partial charge in [0.15, 0.2) is 0 Å². The van der Waals surface area contributed by atoms with Gasteiger partial charge in [-0.15, -0.1) is 0 Å². The lowest BCUT2D eigenvalue weighted by molar-refractivity contribution is -0.151. The van der Waals surface area contributed by atoms with E-state index in [0.29, 0.717) is 25.7 Å². The zero-order chi connectivity index (χ0) is 45.2. The van der Waals surface area contributed by atoms with Crippen LogP contribution in [0.25, 0.3) is 0 Å². The van der Waals surface area contributed by atoms with E-state index in [4.69, 9.17) is 4.74 Å². The highest BCUT2D eigenvalue weighted by Gasteiger charge is 2.24. The van der Waals surface area contributed by atoms with Crippen molar-refractivity contribution in [2.24, 2.45) is 0 Å². The van der Waals surface area contributed by atoms with Crippen LogP contribution in [0.2, 0.25) is 0 Å². The van der Waals surface area contributed by atoms with Crippen LogP contribution in [0.5, 0.6) is 0 Å². The molecule has 0 fully saturated rings. The summed E-state index contributed by atoms with van der Waals surface area (Å²) in [5.41, 5.74) is 0. The molecule has 0 bridgehead atoms. The predicted molar refractivity (Wildman–Crippen MR) is 268 cm³/mol. The molecule has 0 aliphatic carbocycles. The average Bonchev–Trinajstić information content (AvgIpc) is 3.26. The third-order valence-electron chi connectivity index (χ3n) is 11.6. The maximum absolute atomic E-state index is 13.2. The number of ether oxygens (including phenoxy) is 1. The fourth-order valence-corrected chi connectivity index (χ4v) is 7.69. The van der Waals surface area contributed by atoms with E-state index in [1.54, 1.807) is 0 Å². The van der Waals surface area contributed by atoms with Gasteiger partial charge < -0.3 is 20.3 Å². The molecule has 0 rings (SSSR count). The minimum absolute atomic E-state index is 0.0364. The lowest BCUT2D eigenvalue weighted by atomic mass is 10.0. The van der Waals surface area contributed by atoms with Crippen LogP contribution < -0.4 is 5.32 Å². The summed E-state index contributed by atoms with van der Waals surface area (Å²) in [6.45, 7) is 6.32. The van der Waals surface area contributed by atoms with Crippen molar-refractivity contribution in [1.29, 1.82) is 0 Å². The van der Waals surface area contributed by atoms with Gasteiger partial charge in [0.2, 0.25) is 5.91 Å². The first-order valence-corrected chi connectivity index (χ1v) is 26.2. The zero-order valence-electron chi connectivity index (χ0n) is 40.7. The van der Waals surface area contributed by atoms with Gasteiger partial charge in [0.05, 0.1) is 25.2 Å². The van der Waals surface area contributed by atoms with Crippen LogP contribution in [0.4, 0.5) is 0 Å². The number of allylic oxidation sites excluding steroid dienone is 12. The number of aliphatic hydroxyl groups is 2. The van der Waals surface area contributed by atoms with E-state index >= 15 is 0 Å². The Hall–Kier alpha value is -2.70. The molecular weight excluding hydrogens is 767 g/mol. The zero-order valence-corrected chi connectivity index (χ0v) is 40.7. The Morgan fingerprint density at radius 2 is 0.887 bits per heavy atom. The van der Waals surface area contributed by atoms with Crippen LogP contribution in [-0.2, 0) is 14.3 Å². The fourth-order valence-electron chi connectivity index (χ4n) is 7.69. The van der Waals surface area contributed by atoms with Crippen LogP contribution >= 0.6 is 0 Å². The van der Waals surface area contributed by atoms with Crippen molar-refractivity contribution >= 4 is 11.9 Å². The Kier molecular flexibility index (Phi) is 47.2. The molecule has 6 heteroatoms. The van der Waals surface area contributed by atoms with Gasteiger partial charge in [-0.1, -0.05) is 241 Å². The maximum atomic E-state index is 13.2. The summed E-state index contributed by atoms with van der Waals surface area (Å²) in [5, 5.41) is 23.8. The van der Waals surface area contributed by atoms with Crippen molar-refractivity contribution in [3.63, 3.8) is 0 Å². The van der Waals surface area contributed by atoms with E-state index in [2.05, 4.69) is 44.3 Å². The maximum Gasteiger partial charge on any atom is 0.306 e. The SMILES string of the molecule is CC/C=C/C=C/C=C\C=C/C=C/CCCC(=O)OC(CCCCC/C=C/CCCCCCCCC)CC(=O)NC(CO)C(O)CCCCCCCCCCCCCCCCCC. The number of amides is 1. The quantitative estimate of drug-likeness (QED) is 0.0245. The average molecular weight is 866 g/mol. The second-order valence-electron chi connectivity index (χ2n) is 17.7. The molecule has 0 saturated heterocycles. The van der Waals surface area contributed by atoms with Crippen LogP contribution in [0, 0.1) is 0 Å². The largest absolute Gasteiger partial charge is 0.462 e. The molecule has 0 aromatic carbocycles. The van der Waals surface area contributed by atoms with Gasteiger partial charge in [-0.05, 0) is 64.2 Å². The highest BCUT2D eigenvalue weighted by atomic mass is 16.5. The van der Waals surface area contributed by atoms with Crippen molar-refractivity contribution in [2.45, 2.75) is 264 Å². The van der Waals surface area contributed by atoms with E-state index in [1.807, 2.05) is 54.7 Å². The van der Waals surface area contributed by atoms with E-state index < -0.39 is 18.2 Å². The van der Waals surface area contributed by atoms with Crippen molar-refractivity contribution in [3.05, 3.63) is 72.9 Å². The number of nitrogens with one attached hydrogen (secondary N) is 1. The normalized spacial score (nSPS) is 13.8. The van der Waals surface area contributed by atoms with E-state index in [0.717, 1.165) is 64.2 Å². The topological polar surface area (TPSA) is 95.9 Å². The summed E-state index contributed by atoms with van der Waals surface area (Å²) in [6, 6.07) is -0.723. The summed E-state index contributed by atoms with van der Waals surface area (Å²) < 4.78 is 5.88. The Labute approximate surface area is 383 Å². The van der Waals surface area contributed by atoms with Crippen molar-refractivity contribution < 1.29 is 24.5 Å².